The van der Waals surface area contributed by atoms with Gasteiger partial charge in [-0.15, -0.1) is 5.10 Å². The summed E-state index contributed by atoms with van der Waals surface area (Å²) in [6, 6.07) is 12.2. The monoisotopic (exact) mass is 335 g/mol. The zero-order valence-corrected chi connectivity index (χ0v) is 14.9. The lowest BCUT2D eigenvalue weighted by Gasteiger charge is -2.06. The molecule has 0 radical (unpaired) electrons. The van der Waals surface area contributed by atoms with Crippen molar-refractivity contribution in [3.63, 3.8) is 0 Å². The topological polar surface area (TPSA) is 68.0 Å². The molecule has 0 fully saturated rings. The molecule has 1 amide bonds. The fourth-order valence-electron chi connectivity index (χ4n) is 2.82. The molecule has 3 aromatic rings. The van der Waals surface area contributed by atoms with Crippen molar-refractivity contribution in [1.82, 2.24) is 10.2 Å². The molecule has 1 N–H and O–H groups in total. The van der Waals surface area contributed by atoms with Gasteiger partial charge in [-0.05, 0) is 51.0 Å². The predicted molar refractivity (Wildman–Crippen MR) is 97.5 cm³/mol. The molecular formula is C20H21N3O2. The molecule has 0 bridgehead atoms. The Hall–Kier alpha value is -2.95. The molecule has 25 heavy (non-hydrogen) atoms. The molecule has 0 unspecified atom stereocenters. The molecule has 5 nitrogen and oxygen atoms in total. The number of amides is 1. The Labute approximate surface area is 147 Å². The second-order valence-corrected chi connectivity index (χ2v) is 6.44. The number of benzene rings is 2. The summed E-state index contributed by atoms with van der Waals surface area (Å²) in [4.78, 5) is 12.3. The number of aromatic nitrogens is 2. The summed E-state index contributed by atoms with van der Waals surface area (Å²) in [7, 11) is 0. The molecule has 0 saturated heterocycles. The van der Waals surface area contributed by atoms with Gasteiger partial charge in [0.05, 0.1) is 6.42 Å². The molecule has 0 aliphatic carbocycles. The van der Waals surface area contributed by atoms with Crippen LogP contribution in [0.5, 0.6) is 0 Å². The van der Waals surface area contributed by atoms with E-state index in [4.69, 9.17) is 4.42 Å². The number of hydrogen-bond donors (Lipinski definition) is 1. The first-order chi connectivity index (χ1) is 11.9. The Kier molecular flexibility index (Phi) is 4.65. The Balaban J connectivity index is 1.72. The Morgan fingerprint density at radius 1 is 0.960 bits per heavy atom. The lowest BCUT2D eigenvalue weighted by atomic mass is 10.0. The SMILES string of the molecule is Cc1cc(C)cc(-c2nnc(NC(=O)Cc3cc(C)ccc3C)o2)c1. The zero-order chi connectivity index (χ0) is 18.0. The van der Waals surface area contributed by atoms with E-state index in [-0.39, 0.29) is 18.3 Å². The number of anilines is 1. The van der Waals surface area contributed by atoms with Crippen LogP contribution in [0, 0.1) is 27.7 Å². The lowest BCUT2D eigenvalue weighted by Crippen LogP contribution is -2.15. The van der Waals surface area contributed by atoms with E-state index in [1.54, 1.807) is 0 Å². The van der Waals surface area contributed by atoms with Gasteiger partial charge in [0.15, 0.2) is 0 Å². The van der Waals surface area contributed by atoms with Crippen LogP contribution >= 0.6 is 0 Å². The predicted octanol–water partition coefficient (Wildman–Crippen LogP) is 4.15. The number of rotatable bonds is 4. The van der Waals surface area contributed by atoms with Crippen molar-refractivity contribution >= 4 is 11.9 Å². The maximum atomic E-state index is 12.3. The average Bonchev–Trinajstić information content (AvgIpc) is 2.98. The minimum absolute atomic E-state index is 0.115. The normalized spacial score (nSPS) is 10.7. The van der Waals surface area contributed by atoms with Crippen molar-refractivity contribution in [2.45, 2.75) is 34.1 Å². The van der Waals surface area contributed by atoms with Crippen molar-refractivity contribution in [3.05, 3.63) is 64.2 Å². The van der Waals surface area contributed by atoms with Crippen LogP contribution in [0.25, 0.3) is 11.5 Å². The Morgan fingerprint density at radius 2 is 1.68 bits per heavy atom. The van der Waals surface area contributed by atoms with Crippen LogP contribution in [0.2, 0.25) is 0 Å². The summed E-state index contributed by atoms with van der Waals surface area (Å²) in [5.74, 6) is 0.221. The highest BCUT2D eigenvalue weighted by Gasteiger charge is 2.13. The highest BCUT2D eigenvalue weighted by atomic mass is 16.4. The molecule has 3 rings (SSSR count). The van der Waals surface area contributed by atoms with Crippen molar-refractivity contribution in [3.8, 4) is 11.5 Å². The van der Waals surface area contributed by atoms with Gasteiger partial charge in [-0.25, -0.2) is 0 Å². The van der Waals surface area contributed by atoms with Crippen LogP contribution in [0.3, 0.4) is 0 Å². The molecule has 5 heteroatoms. The second kappa shape index (κ2) is 6.89. The highest BCUT2D eigenvalue weighted by Crippen LogP contribution is 2.22. The molecule has 128 valence electrons. The summed E-state index contributed by atoms with van der Waals surface area (Å²) in [6.45, 7) is 8.03. The Bertz CT molecular complexity index is 908. The molecule has 0 aliphatic heterocycles. The van der Waals surface area contributed by atoms with Crippen LogP contribution < -0.4 is 5.32 Å². The summed E-state index contributed by atoms with van der Waals surface area (Å²) in [5.41, 5.74) is 6.29. The maximum Gasteiger partial charge on any atom is 0.322 e. The number of aryl methyl sites for hydroxylation is 4. The molecule has 0 atom stereocenters. The smallest absolute Gasteiger partial charge is 0.322 e. The van der Waals surface area contributed by atoms with E-state index < -0.39 is 0 Å². The third-order valence-electron chi connectivity index (χ3n) is 4.00. The largest absolute Gasteiger partial charge is 0.403 e. The van der Waals surface area contributed by atoms with Gasteiger partial charge in [0, 0.05) is 5.56 Å². The number of hydrogen-bond acceptors (Lipinski definition) is 4. The van der Waals surface area contributed by atoms with Gasteiger partial charge < -0.3 is 4.42 Å². The van der Waals surface area contributed by atoms with Gasteiger partial charge in [0.1, 0.15) is 0 Å². The second-order valence-electron chi connectivity index (χ2n) is 6.44. The summed E-state index contributed by atoms with van der Waals surface area (Å²) in [5, 5.41) is 10.6. The molecule has 2 aromatic carbocycles. The third-order valence-corrected chi connectivity index (χ3v) is 4.00. The number of nitrogens with zero attached hydrogens (tertiary/aromatic N) is 2. The van der Waals surface area contributed by atoms with E-state index in [0.717, 1.165) is 33.4 Å². The van der Waals surface area contributed by atoms with Crippen LogP contribution in [-0.4, -0.2) is 16.1 Å². The number of carbonyl (C=O) groups is 1. The van der Waals surface area contributed by atoms with Gasteiger partial charge in [0.2, 0.25) is 11.8 Å². The van der Waals surface area contributed by atoms with Gasteiger partial charge >= 0.3 is 6.01 Å². The van der Waals surface area contributed by atoms with Crippen molar-refractivity contribution in [2.75, 3.05) is 5.32 Å². The first-order valence-electron chi connectivity index (χ1n) is 8.19. The van der Waals surface area contributed by atoms with Gasteiger partial charge in [-0.1, -0.05) is 46.1 Å². The molecule has 1 heterocycles. The number of carbonyl (C=O) groups excluding carboxylic acids is 1. The van der Waals surface area contributed by atoms with E-state index in [2.05, 4.69) is 21.6 Å². The molecule has 0 saturated carbocycles. The molecular weight excluding hydrogens is 314 g/mol. The van der Waals surface area contributed by atoms with E-state index in [1.807, 2.05) is 58.0 Å². The van der Waals surface area contributed by atoms with Crippen molar-refractivity contribution < 1.29 is 9.21 Å². The van der Waals surface area contributed by atoms with E-state index in [1.165, 1.54) is 0 Å². The van der Waals surface area contributed by atoms with Crippen molar-refractivity contribution in [2.24, 2.45) is 0 Å². The maximum absolute atomic E-state index is 12.3. The summed E-state index contributed by atoms with van der Waals surface area (Å²) >= 11 is 0. The fraction of sp³-hybridized carbons (Fsp3) is 0.250. The lowest BCUT2D eigenvalue weighted by molar-refractivity contribution is -0.115. The van der Waals surface area contributed by atoms with E-state index in [0.29, 0.717) is 5.89 Å². The summed E-state index contributed by atoms with van der Waals surface area (Å²) < 4.78 is 5.59. The zero-order valence-electron chi connectivity index (χ0n) is 14.9. The highest BCUT2D eigenvalue weighted by molar-refractivity contribution is 5.90. The van der Waals surface area contributed by atoms with Gasteiger partial charge in [0.25, 0.3) is 0 Å². The average molecular weight is 335 g/mol. The fourth-order valence-corrected chi connectivity index (χ4v) is 2.82. The first kappa shape index (κ1) is 16.9. The van der Waals surface area contributed by atoms with Crippen LogP contribution in [-0.2, 0) is 11.2 Å². The van der Waals surface area contributed by atoms with E-state index >= 15 is 0 Å². The van der Waals surface area contributed by atoms with Gasteiger partial charge in [-0.3, -0.25) is 10.1 Å². The van der Waals surface area contributed by atoms with Crippen LogP contribution in [0.15, 0.2) is 40.8 Å². The van der Waals surface area contributed by atoms with Crippen LogP contribution in [0.4, 0.5) is 6.01 Å². The van der Waals surface area contributed by atoms with E-state index in [9.17, 15) is 4.79 Å². The molecule has 0 spiro atoms. The minimum atomic E-state index is -0.177. The summed E-state index contributed by atoms with van der Waals surface area (Å²) in [6.07, 6.45) is 0.273. The standard InChI is InChI=1S/C20H21N3O2/c1-12-5-6-15(4)16(8-12)11-18(24)21-20-23-22-19(25-20)17-9-13(2)7-14(3)10-17/h5-10H,11H2,1-4H3,(H,21,23,24). The molecule has 0 aliphatic rings. The molecule has 1 aromatic heterocycles. The van der Waals surface area contributed by atoms with Crippen molar-refractivity contribution in [1.29, 1.82) is 0 Å². The first-order valence-corrected chi connectivity index (χ1v) is 8.19. The van der Waals surface area contributed by atoms with Crippen LogP contribution in [0.1, 0.15) is 27.8 Å². The number of nitrogens with one attached hydrogen (secondary N) is 1. The van der Waals surface area contributed by atoms with Gasteiger partial charge in [-0.2, -0.15) is 0 Å². The minimum Gasteiger partial charge on any atom is -0.403 e. The Morgan fingerprint density at radius 3 is 2.40 bits per heavy atom. The third kappa shape index (κ3) is 4.12. The quantitative estimate of drug-likeness (QED) is 0.777.